The van der Waals surface area contributed by atoms with Gasteiger partial charge in [0, 0.05) is 23.6 Å². The van der Waals surface area contributed by atoms with E-state index in [0.29, 0.717) is 17.6 Å². The van der Waals surface area contributed by atoms with E-state index < -0.39 is 15.8 Å². The standard InChI is InChI=1S/C13H15BrClFN2O2S/c14-9-3-11(16)13(4-10(9)15)21(19,20)18-5-7-1-2-12(17)8(7)6-18/h3-4,7-8,12H,1-2,5-6,17H2. The van der Waals surface area contributed by atoms with Gasteiger partial charge in [-0.25, -0.2) is 12.8 Å². The summed E-state index contributed by atoms with van der Waals surface area (Å²) in [6.07, 6.45) is 1.86. The van der Waals surface area contributed by atoms with Crippen LogP contribution < -0.4 is 5.73 Å². The molecule has 2 N–H and O–H groups in total. The van der Waals surface area contributed by atoms with Crippen molar-refractivity contribution < 1.29 is 12.8 Å². The predicted octanol–water partition coefficient (Wildman–Crippen LogP) is 2.60. The molecule has 8 heteroatoms. The molecule has 3 rings (SSSR count). The molecule has 1 aliphatic carbocycles. The maximum Gasteiger partial charge on any atom is 0.246 e. The molecule has 3 unspecified atom stereocenters. The third-order valence-corrected chi connectivity index (χ3v) is 7.52. The minimum atomic E-state index is -3.88. The average molecular weight is 398 g/mol. The quantitative estimate of drug-likeness (QED) is 0.780. The van der Waals surface area contributed by atoms with Crippen LogP contribution in [0.25, 0.3) is 0 Å². The van der Waals surface area contributed by atoms with Gasteiger partial charge in [-0.15, -0.1) is 0 Å². The topological polar surface area (TPSA) is 63.4 Å². The Hall–Kier alpha value is -0.210. The molecule has 1 saturated carbocycles. The fraction of sp³-hybridized carbons (Fsp3) is 0.538. The largest absolute Gasteiger partial charge is 0.327 e. The fourth-order valence-electron chi connectivity index (χ4n) is 3.30. The molecule has 0 aromatic heterocycles. The summed E-state index contributed by atoms with van der Waals surface area (Å²) < 4.78 is 41.0. The van der Waals surface area contributed by atoms with Crippen molar-refractivity contribution in [3.05, 3.63) is 27.4 Å². The third kappa shape index (κ3) is 2.63. The third-order valence-electron chi connectivity index (χ3n) is 4.47. The zero-order valence-electron chi connectivity index (χ0n) is 11.1. The maximum atomic E-state index is 14.0. The monoisotopic (exact) mass is 396 g/mol. The highest BCUT2D eigenvalue weighted by atomic mass is 79.9. The van der Waals surface area contributed by atoms with Gasteiger partial charge in [0.25, 0.3) is 0 Å². The van der Waals surface area contributed by atoms with Gasteiger partial charge in [-0.05, 0) is 52.7 Å². The van der Waals surface area contributed by atoms with Crippen LogP contribution in [0.2, 0.25) is 5.02 Å². The van der Waals surface area contributed by atoms with Crippen LogP contribution in [0, 0.1) is 17.7 Å². The first-order valence-corrected chi connectivity index (χ1v) is 9.32. The SMILES string of the molecule is NC1CCC2CN(S(=O)(=O)c3cc(Cl)c(Br)cc3F)CC12. The molecule has 2 aliphatic rings. The second kappa shape index (κ2) is 5.45. The van der Waals surface area contributed by atoms with Crippen molar-refractivity contribution in [3.8, 4) is 0 Å². The molecule has 0 amide bonds. The molecule has 1 aromatic carbocycles. The molecule has 1 heterocycles. The summed E-state index contributed by atoms with van der Waals surface area (Å²) in [5.74, 6) is -0.342. The predicted molar refractivity (Wildman–Crippen MR) is 82.1 cm³/mol. The van der Waals surface area contributed by atoms with Crippen LogP contribution >= 0.6 is 27.5 Å². The summed E-state index contributed by atoms with van der Waals surface area (Å²) in [6, 6.07) is 2.27. The molecule has 3 atom stereocenters. The van der Waals surface area contributed by atoms with E-state index in [2.05, 4.69) is 15.9 Å². The molecule has 21 heavy (non-hydrogen) atoms. The molecule has 1 aliphatic heterocycles. The molecule has 4 nitrogen and oxygen atoms in total. The lowest BCUT2D eigenvalue weighted by Gasteiger charge is -2.19. The van der Waals surface area contributed by atoms with E-state index in [1.807, 2.05) is 0 Å². The van der Waals surface area contributed by atoms with Crippen molar-refractivity contribution in [2.45, 2.75) is 23.8 Å². The summed E-state index contributed by atoms with van der Waals surface area (Å²) in [4.78, 5) is -0.371. The number of benzene rings is 1. The number of hydrogen-bond donors (Lipinski definition) is 1. The molecule has 2 fully saturated rings. The van der Waals surface area contributed by atoms with Gasteiger partial charge in [-0.3, -0.25) is 0 Å². The van der Waals surface area contributed by atoms with Gasteiger partial charge < -0.3 is 5.73 Å². The second-order valence-corrected chi connectivity index (χ2v) is 8.85. The number of fused-ring (bicyclic) bond motifs is 1. The summed E-state index contributed by atoms with van der Waals surface area (Å²) in [5.41, 5.74) is 6.02. The first-order chi connectivity index (χ1) is 9.80. The van der Waals surface area contributed by atoms with Gasteiger partial charge in [-0.2, -0.15) is 4.31 Å². The number of halogens is 3. The first-order valence-electron chi connectivity index (χ1n) is 6.71. The average Bonchev–Trinajstić information content (AvgIpc) is 2.97. The summed E-state index contributed by atoms with van der Waals surface area (Å²) in [6.45, 7) is 0.773. The van der Waals surface area contributed by atoms with Crippen molar-refractivity contribution in [1.29, 1.82) is 0 Å². The highest BCUT2D eigenvalue weighted by molar-refractivity contribution is 9.10. The van der Waals surface area contributed by atoms with Gasteiger partial charge in [0.05, 0.1) is 5.02 Å². The van der Waals surface area contributed by atoms with Crippen molar-refractivity contribution >= 4 is 37.6 Å². The first kappa shape index (κ1) is 15.7. The van der Waals surface area contributed by atoms with Crippen LogP contribution in [0.15, 0.2) is 21.5 Å². The van der Waals surface area contributed by atoms with E-state index in [-0.39, 0.29) is 27.8 Å². The molecule has 0 bridgehead atoms. The van der Waals surface area contributed by atoms with Crippen molar-refractivity contribution in [1.82, 2.24) is 4.31 Å². The van der Waals surface area contributed by atoms with Gasteiger partial charge in [0.15, 0.2) is 0 Å². The van der Waals surface area contributed by atoms with Crippen molar-refractivity contribution in [2.24, 2.45) is 17.6 Å². The van der Waals surface area contributed by atoms with E-state index in [1.54, 1.807) is 0 Å². The van der Waals surface area contributed by atoms with Crippen LogP contribution in [0.3, 0.4) is 0 Å². The van der Waals surface area contributed by atoms with Gasteiger partial charge in [0.2, 0.25) is 10.0 Å². The van der Waals surface area contributed by atoms with E-state index in [0.717, 1.165) is 25.0 Å². The van der Waals surface area contributed by atoms with Crippen LogP contribution in [0.4, 0.5) is 4.39 Å². The smallest absolute Gasteiger partial charge is 0.246 e. The van der Waals surface area contributed by atoms with Crippen molar-refractivity contribution in [2.75, 3.05) is 13.1 Å². The molecular formula is C13H15BrClFN2O2S. The fourth-order valence-corrected chi connectivity index (χ4v) is 5.45. The molecule has 0 spiro atoms. The zero-order valence-corrected chi connectivity index (χ0v) is 14.3. The lowest BCUT2D eigenvalue weighted by atomic mass is 9.98. The highest BCUT2D eigenvalue weighted by Crippen LogP contribution is 2.40. The number of sulfonamides is 1. The Morgan fingerprint density at radius 3 is 2.71 bits per heavy atom. The Bertz CT molecular complexity index is 685. The van der Waals surface area contributed by atoms with E-state index in [4.69, 9.17) is 17.3 Å². The summed E-state index contributed by atoms with van der Waals surface area (Å²) in [5, 5.41) is 0.172. The van der Waals surface area contributed by atoms with Crippen LogP contribution in [-0.2, 0) is 10.0 Å². The minimum Gasteiger partial charge on any atom is -0.327 e. The number of nitrogens with two attached hydrogens (primary N) is 1. The van der Waals surface area contributed by atoms with Gasteiger partial charge >= 0.3 is 0 Å². The van der Waals surface area contributed by atoms with Crippen LogP contribution in [-0.4, -0.2) is 31.9 Å². The Kier molecular flexibility index (Phi) is 4.07. The van der Waals surface area contributed by atoms with Gasteiger partial charge in [0.1, 0.15) is 10.7 Å². The maximum absolute atomic E-state index is 14.0. The Morgan fingerprint density at radius 2 is 2.05 bits per heavy atom. The number of rotatable bonds is 2. The summed E-state index contributed by atoms with van der Waals surface area (Å²) in [7, 11) is -3.88. The lowest BCUT2D eigenvalue weighted by Crippen LogP contribution is -2.33. The van der Waals surface area contributed by atoms with Crippen LogP contribution in [0.1, 0.15) is 12.8 Å². The Labute approximate surface area is 136 Å². The van der Waals surface area contributed by atoms with Crippen molar-refractivity contribution in [3.63, 3.8) is 0 Å². The van der Waals surface area contributed by atoms with E-state index >= 15 is 0 Å². The molecule has 1 saturated heterocycles. The second-order valence-electron chi connectivity index (χ2n) is 5.68. The molecule has 0 radical (unpaired) electrons. The Balaban J connectivity index is 1.94. The highest BCUT2D eigenvalue weighted by Gasteiger charge is 2.45. The minimum absolute atomic E-state index is 0.0357. The number of hydrogen-bond acceptors (Lipinski definition) is 3. The van der Waals surface area contributed by atoms with Gasteiger partial charge in [-0.1, -0.05) is 11.6 Å². The zero-order chi connectivity index (χ0) is 15.4. The lowest BCUT2D eigenvalue weighted by molar-refractivity contribution is 0.424. The normalized spacial score (nSPS) is 29.8. The Morgan fingerprint density at radius 1 is 1.33 bits per heavy atom. The number of nitrogens with zero attached hydrogens (tertiary/aromatic N) is 1. The van der Waals surface area contributed by atoms with E-state index in [1.165, 1.54) is 4.31 Å². The molecule has 116 valence electrons. The van der Waals surface area contributed by atoms with E-state index in [9.17, 15) is 12.8 Å². The van der Waals surface area contributed by atoms with Crippen LogP contribution in [0.5, 0.6) is 0 Å². The summed E-state index contributed by atoms with van der Waals surface area (Å²) >= 11 is 8.98. The molecule has 1 aromatic rings. The molecular weight excluding hydrogens is 383 g/mol.